The van der Waals surface area contributed by atoms with E-state index in [1.807, 2.05) is 6.92 Å². The minimum absolute atomic E-state index is 0.111. The number of ether oxygens (including phenoxy) is 1. The molecule has 0 aliphatic heterocycles. The topological polar surface area (TPSA) is 41.6 Å². The number of nitrogens with zero attached hydrogens (tertiary/aromatic N) is 1. The maximum Gasteiger partial charge on any atom is 0.324 e. The number of hydrogen-bond acceptors (Lipinski definition) is 4. The highest BCUT2D eigenvalue weighted by molar-refractivity contribution is 5.76. The molecule has 2 atom stereocenters. The molecule has 1 aliphatic rings. The molecule has 1 rings (SSSR count). The molecule has 0 heterocycles. The molecule has 0 amide bonds. The summed E-state index contributed by atoms with van der Waals surface area (Å²) in [7, 11) is 2.08. The van der Waals surface area contributed by atoms with Gasteiger partial charge in [0.25, 0.3) is 0 Å². The Morgan fingerprint density at radius 2 is 2.11 bits per heavy atom. The Morgan fingerprint density at radius 1 is 1.44 bits per heavy atom. The fourth-order valence-electron chi connectivity index (χ4n) is 2.08. The minimum Gasteiger partial charge on any atom is -0.465 e. The fourth-order valence-corrected chi connectivity index (χ4v) is 2.08. The van der Waals surface area contributed by atoms with Crippen LogP contribution in [0.1, 0.15) is 46.5 Å². The van der Waals surface area contributed by atoms with Crippen LogP contribution in [0.15, 0.2) is 0 Å². The summed E-state index contributed by atoms with van der Waals surface area (Å²) in [6.07, 6.45) is 4.70. The Morgan fingerprint density at radius 3 is 2.61 bits per heavy atom. The number of carbonyl (C=O) groups excluding carboxylic acids is 1. The average molecular weight is 256 g/mol. The molecule has 0 radical (unpaired) electrons. The van der Waals surface area contributed by atoms with Crippen molar-refractivity contribution in [2.45, 2.75) is 64.6 Å². The molecule has 0 aromatic carbocycles. The summed E-state index contributed by atoms with van der Waals surface area (Å²) in [6, 6.07) is 0.851. The van der Waals surface area contributed by atoms with Gasteiger partial charge in [0.15, 0.2) is 0 Å². The lowest BCUT2D eigenvalue weighted by atomic mass is 10.1. The summed E-state index contributed by atoms with van der Waals surface area (Å²) >= 11 is 0. The van der Waals surface area contributed by atoms with Crippen LogP contribution < -0.4 is 5.32 Å². The van der Waals surface area contributed by atoms with Gasteiger partial charge in [-0.1, -0.05) is 13.3 Å². The Balaban J connectivity index is 2.45. The van der Waals surface area contributed by atoms with Gasteiger partial charge in [-0.25, -0.2) is 0 Å². The van der Waals surface area contributed by atoms with Crippen LogP contribution in [0.2, 0.25) is 0 Å². The predicted molar refractivity (Wildman–Crippen MR) is 73.6 cm³/mol. The number of hydrogen-bond donors (Lipinski definition) is 1. The largest absolute Gasteiger partial charge is 0.465 e. The number of rotatable bonds is 9. The highest BCUT2D eigenvalue weighted by Crippen LogP contribution is 2.20. The van der Waals surface area contributed by atoms with Crippen molar-refractivity contribution in [3.63, 3.8) is 0 Å². The monoisotopic (exact) mass is 256 g/mol. The maximum absolute atomic E-state index is 11.9. The molecule has 4 nitrogen and oxygen atoms in total. The van der Waals surface area contributed by atoms with Crippen molar-refractivity contribution < 1.29 is 9.53 Å². The van der Waals surface area contributed by atoms with E-state index in [0.29, 0.717) is 18.7 Å². The van der Waals surface area contributed by atoms with Gasteiger partial charge in [0.05, 0.1) is 6.61 Å². The van der Waals surface area contributed by atoms with Gasteiger partial charge in [-0.2, -0.15) is 0 Å². The fraction of sp³-hybridized carbons (Fsp3) is 0.929. The van der Waals surface area contributed by atoms with Crippen LogP contribution >= 0.6 is 0 Å². The normalized spacial score (nSPS) is 18.7. The summed E-state index contributed by atoms with van der Waals surface area (Å²) in [6.45, 7) is 7.44. The molecule has 1 aliphatic carbocycles. The van der Waals surface area contributed by atoms with Crippen LogP contribution in [0.4, 0.5) is 0 Å². The van der Waals surface area contributed by atoms with Gasteiger partial charge in [0.1, 0.15) is 6.04 Å². The van der Waals surface area contributed by atoms with Gasteiger partial charge in [-0.3, -0.25) is 4.79 Å². The zero-order valence-electron chi connectivity index (χ0n) is 12.2. The second kappa shape index (κ2) is 7.74. The van der Waals surface area contributed by atoms with Gasteiger partial charge in [-0.15, -0.1) is 0 Å². The molecule has 2 unspecified atom stereocenters. The zero-order valence-corrected chi connectivity index (χ0v) is 12.2. The Hall–Kier alpha value is -0.610. The molecular formula is C14H28N2O2. The van der Waals surface area contributed by atoms with E-state index in [-0.39, 0.29) is 12.0 Å². The first-order valence-corrected chi connectivity index (χ1v) is 7.21. The highest BCUT2D eigenvalue weighted by atomic mass is 16.5. The van der Waals surface area contributed by atoms with Crippen molar-refractivity contribution >= 4 is 5.97 Å². The standard InChI is InChI=1S/C14H28N2O2/c1-5-7-11(3)16(4)10-13(14(17)18-6-2)15-12-8-9-12/h11-13,15H,5-10H2,1-4H3. The van der Waals surface area contributed by atoms with E-state index in [2.05, 4.69) is 31.1 Å². The second-order valence-corrected chi connectivity index (χ2v) is 5.32. The van der Waals surface area contributed by atoms with Gasteiger partial charge in [0.2, 0.25) is 0 Å². The van der Waals surface area contributed by atoms with E-state index in [4.69, 9.17) is 4.74 Å². The molecule has 4 heteroatoms. The SMILES string of the molecule is CCCC(C)N(C)CC(NC1CC1)C(=O)OCC. The Labute approximate surface area is 111 Å². The van der Waals surface area contributed by atoms with Crippen molar-refractivity contribution in [2.75, 3.05) is 20.2 Å². The molecule has 1 N–H and O–H groups in total. The lowest BCUT2D eigenvalue weighted by Gasteiger charge is -2.28. The van der Waals surface area contributed by atoms with Gasteiger partial charge in [0, 0.05) is 18.6 Å². The number of nitrogens with one attached hydrogen (secondary N) is 1. The van der Waals surface area contributed by atoms with Crippen molar-refractivity contribution in [1.82, 2.24) is 10.2 Å². The summed E-state index contributed by atoms with van der Waals surface area (Å²) < 4.78 is 5.15. The van der Waals surface area contributed by atoms with Crippen molar-refractivity contribution in [3.8, 4) is 0 Å². The molecule has 18 heavy (non-hydrogen) atoms. The van der Waals surface area contributed by atoms with Crippen LogP contribution in [0.25, 0.3) is 0 Å². The summed E-state index contributed by atoms with van der Waals surface area (Å²) in [4.78, 5) is 14.2. The Kier molecular flexibility index (Phi) is 6.65. The average Bonchev–Trinajstić information content (AvgIpc) is 3.12. The third kappa shape index (κ3) is 5.36. The zero-order chi connectivity index (χ0) is 13.5. The van der Waals surface area contributed by atoms with E-state index in [1.165, 1.54) is 19.3 Å². The van der Waals surface area contributed by atoms with Crippen molar-refractivity contribution in [2.24, 2.45) is 0 Å². The lowest BCUT2D eigenvalue weighted by molar-refractivity contribution is -0.146. The third-order valence-corrected chi connectivity index (χ3v) is 3.51. The van der Waals surface area contributed by atoms with Crippen LogP contribution in [0.5, 0.6) is 0 Å². The molecule has 0 aromatic heterocycles. The molecule has 0 spiro atoms. The smallest absolute Gasteiger partial charge is 0.324 e. The first kappa shape index (κ1) is 15.4. The molecule has 106 valence electrons. The molecule has 0 aromatic rings. The quantitative estimate of drug-likeness (QED) is 0.639. The van der Waals surface area contributed by atoms with E-state index in [1.54, 1.807) is 0 Å². The number of carbonyl (C=O) groups is 1. The van der Waals surface area contributed by atoms with E-state index < -0.39 is 0 Å². The molecule has 1 saturated carbocycles. The van der Waals surface area contributed by atoms with E-state index >= 15 is 0 Å². The van der Waals surface area contributed by atoms with Gasteiger partial charge >= 0.3 is 5.97 Å². The molecule has 0 saturated heterocycles. The van der Waals surface area contributed by atoms with Crippen LogP contribution in [-0.4, -0.2) is 49.2 Å². The van der Waals surface area contributed by atoms with E-state index in [0.717, 1.165) is 13.0 Å². The second-order valence-electron chi connectivity index (χ2n) is 5.32. The highest BCUT2D eigenvalue weighted by Gasteiger charge is 2.30. The molecular weight excluding hydrogens is 228 g/mol. The number of esters is 1. The van der Waals surface area contributed by atoms with Crippen LogP contribution in [-0.2, 0) is 9.53 Å². The first-order valence-electron chi connectivity index (χ1n) is 7.21. The Bertz CT molecular complexity index is 254. The van der Waals surface area contributed by atoms with Crippen LogP contribution in [0.3, 0.4) is 0 Å². The minimum atomic E-state index is -0.179. The predicted octanol–water partition coefficient (Wildman–Crippen LogP) is 1.79. The van der Waals surface area contributed by atoms with Crippen molar-refractivity contribution in [1.29, 1.82) is 0 Å². The molecule has 1 fully saturated rings. The third-order valence-electron chi connectivity index (χ3n) is 3.51. The van der Waals surface area contributed by atoms with Gasteiger partial charge in [-0.05, 0) is 40.2 Å². The summed E-state index contributed by atoms with van der Waals surface area (Å²) in [5, 5.41) is 3.39. The number of likely N-dealkylation sites (N-methyl/N-ethyl adjacent to an activating group) is 1. The summed E-state index contributed by atoms with van der Waals surface area (Å²) in [5.41, 5.74) is 0. The van der Waals surface area contributed by atoms with Crippen LogP contribution in [0, 0.1) is 0 Å². The lowest BCUT2D eigenvalue weighted by Crippen LogP contribution is -2.48. The van der Waals surface area contributed by atoms with Gasteiger partial charge < -0.3 is 15.0 Å². The summed E-state index contributed by atoms with van der Waals surface area (Å²) in [5.74, 6) is -0.111. The van der Waals surface area contributed by atoms with E-state index in [9.17, 15) is 4.79 Å². The first-order chi connectivity index (χ1) is 8.58. The van der Waals surface area contributed by atoms with Crippen molar-refractivity contribution in [3.05, 3.63) is 0 Å². The maximum atomic E-state index is 11.9. The molecule has 0 bridgehead atoms.